The number of halogens is 1. The monoisotopic (exact) mass is 232 g/mol. The standard InChI is InChI=1S/C14H13FS/c1-10-2-4-11(5-3-10)14(16)12-6-8-13(15)9-7-12/h2-9,14,16H,1H3. The number of benzene rings is 2. The van der Waals surface area contributed by atoms with E-state index in [0.717, 1.165) is 11.1 Å². The zero-order chi connectivity index (χ0) is 11.5. The lowest BCUT2D eigenvalue weighted by Crippen LogP contribution is -1.93. The molecular formula is C14H13FS. The highest BCUT2D eigenvalue weighted by Gasteiger charge is 2.08. The quantitative estimate of drug-likeness (QED) is 0.739. The van der Waals surface area contributed by atoms with Crippen molar-refractivity contribution < 1.29 is 4.39 Å². The van der Waals surface area contributed by atoms with Gasteiger partial charge in [0.25, 0.3) is 0 Å². The van der Waals surface area contributed by atoms with Crippen LogP contribution in [0.5, 0.6) is 0 Å². The zero-order valence-corrected chi connectivity index (χ0v) is 9.92. The first-order chi connectivity index (χ1) is 7.66. The predicted octanol–water partition coefficient (Wildman–Crippen LogP) is 4.15. The molecule has 2 heteroatoms. The molecule has 0 N–H and O–H groups in total. The van der Waals surface area contributed by atoms with Crippen LogP contribution in [0.1, 0.15) is 21.9 Å². The molecule has 0 nitrogen and oxygen atoms in total. The topological polar surface area (TPSA) is 0 Å². The van der Waals surface area contributed by atoms with Crippen LogP contribution in [-0.4, -0.2) is 0 Å². The fourth-order valence-corrected chi connectivity index (χ4v) is 1.93. The third kappa shape index (κ3) is 2.45. The highest BCUT2D eigenvalue weighted by molar-refractivity contribution is 7.80. The van der Waals surface area contributed by atoms with Crippen molar-refractivity contribution in [1.29, 1.82) is 0 Å². The predicted molar refractivity (Wildman–Crippen MR) is 68.4 cm³/mol. The Bertz CT molecular complexity index is 414. The molecule has 2 rings (SSSR count). The molecule has 0 bridgehead atoms. The first-order valence-electron chi connectivity index (χ1n) is 5.17. The maximum absolute atomic E-state index is 12.8. The Balaban J connectivity index is 2.28. The lowest BCUT2D eigenvalue weighted by molar-refractivity contribution is 0.627. The molecule has 2 aromatic carbocycles. The van der Waals surface area contributed by atoms with E-state index in [1.54, 1.807) is 12.1 Å². The van der Waals surface area contributed by atoms with E-state index < -0.39 is 0 Å². The maximum atomic E-state index is 12.8. The minimum atomic E-state index is -0.215. The molecule has 0 aliphatic carbocycles. The molecule has 0 saturated carbocycles. The van der Waals surface area contributed by atoms with Crippen molar-refractivity contribution in [1.82, 2.24) is 0 Å². The van der Waals surface area contributed by atoms with Gasteiger partial charge >= 0.3 is 0 Å². The molecule has 16 heavy (non-hydrogen) atoms. The fourth-order valence-electron chi connectivity index (χ4n) is 1.59. The van der Waals surface area contributed by atoms with Gasteiger partial charge in [-0.3, -0.25) is 0 Å². The smallest absolute Gasteiger partial charge is 0.123 e. The van der Waals surface area contributed by atoms with Crippen LogP contribution < -0.4 is 0 Å². The molecule has 0 aromatic heterocycles. The van der Waals surface area contributed by atoms with Crippen molar-refractivity contribution in [3.8, 4) is 0 Å². The van der Waals surface area contributed by atoms with Crippen LogP contribution in [0.3, 0.4) is 0 Å². The molecule has 0 spiro atoms. The molecule has 0 radical (unpaired) electrons. The summed E-state index contributed by atoms with van der Waals surface area (Å²) in [6, 6.07) is 14.7. The Morgan fingerprint density at radius 3 is 1.81 bits per heavy atom. The highest BCUT2D eigenvalue weighted by Crippen LogP contribution is 2.28. The summed E-state index contributed by atoms with van der Waals surface area (Å²) in [6.45, 7) is 2.05. The summed E-state index contributed by atoms with van der Waals surface area (Å²) in [6.07, 6.45) is 0. The normalized spacial score (nSPS) is 12.4. The van der Waals surface area contributed by atoms with E-state index in [2.05, 4.69) is 43.8 Å². The van der Waals surface area contributed by atoms with E-state index in [0.29, 0.717) is 0 Å². The molecule has 0 aliphatic heterocycles. The Hall–Kier alpha value is -1.28. The third-order valence-corrected chi connectivity index (χ3v) is 3.18. The van der Waals surface area contributed by atoms with Crippen LogP contribution in [0.25, 0.3) is 0 Å². The highest BCUT2D eigenvalue weighted by atomic mass is 32.1. The second-order valence-electron chi connectivity index (χ2n) is 3.86. The molecule has 1 unspecified atom stereocenters. The molecular weight excluding hydrogens is 219 g/mol. The number of aryl methyl sites for hydroxylation is 1. The van der Waals surface area contributed by atoms with Crippen molar-refractivity contribution in [2.45, 2.75) is 12.2 Å². The summed E-state index contributed by atoms with van der Waals surface area (Å²) in [5.41, 5.74) is 3.36. The third-order valence-electron chi connectivity index (χ3n) is 2.58. The largest absolute Gasteiger partial charge is 0.207 e. The Labute approximate surface area is 101 Å². The SMILES string of the molecule is Cc1ccc(C(S)c2ccc(F)cc2)cc1. The van der Waals surface area contributed by atoms with Gasteiger partial charge in [0.1, 0.15) is 5.82 Å². The van der Waals surface area contributed by atoms with Gasteiger partial charge in [0.2, 0.25) is 0 Å². The van der Waals surface area contributed by atoms with Crippen molar-refractivity contribution in [3.05, 3.63) is 71.0 Å². The van der Waals surface area contributed by atoms with Gasteiger partial charge in [-0.25, -0.2) is 4.39 Å². The average Bonchev–Trinajstić information content (AvgIpc) is 2.30. The van der Waals surface area contributed by atoms with E-state index >= 15 is 0 Å². The van der Waals surface area contributed by atoms with Gasteiger partial charge in [-0.1, -0.05) is 42.0 Å². The summed E-state index contributed by atoms with van der Waals surface area (Å²) < 4.78 is 12.8. The fraction of sp³-hybridized carbons (Fsp3) is 0.143. The molecule has 0 aliphatic rings. The van der Waals surface area contributed by atoms with Crippen LogP contribution in [0, 0.1) is 12.7 Å². The van der Waals surface area contributed by atoms with E-state index in [1.165, 1.54) is 17.7 Å². The summed E-state index contributed by atoms with van der Waals surface area (Å²) in [4.78, 5) is 0. The minimum absolute atomic E-state index is 0.00111. The van der Waals surface area contributed by atoms with Crippen LogP contribution in [-0.2, 0) is 0 Å². The van der Waals surface area contributed by atoms with Crippen LogP contribution >= 0.6 is 12.6 Å². The van der Waals surface area contributed by atoms with Crippen molar-refractivity contribution >= 4 is 12.6 Å². The van der Waals surface area contributed by atoms with E-state index in [4.69, 9.17) is 0 Å². The van der Waals surface area contributed by atoms with Crippen LogP contribution in [0.4, 0.5) is 4.39 Å². The lowest BCUT2D eigenvalue weighted by atomic mass is 10.0. The molecule has 1 atom stereocenters. The first kappa shape index (κ1) is 11.2. The van der Waals surface area contributed by atoms with Crippen LogP contribution in [0.2, 0.25) is 0 Å². The molecule has 0 heterocycles. The Morgan fingerprint density at radius 2 is 1.31 bits per heavy atom. The molecule has 82 valence electrons. The number of hydrogen-bond donors (Lipinski definition) is 1. The van der Waals surface area contributed by atoms with Gasteiger partial charge in [0.15, 0.2) is 0 Å². The molecule has 2 aromatic rings. The maximum Gasteiger partial charge on any atom is 0.123 e. The van der Waals surface area contributed by atoms with Gasteiger partial charge < -0.3 is 0 Å². The van der Waals surface area contributed by atoms with E-state index in [1.807, 2.05) is 0 Å². The summed E-state index contributed by atoms with van der Waals surface area (Å²) in [5.74, 6) is -0.215. The first-order valence-corrected chi connectivity index (χ1v) is 5.68. The Morgan fingerprint density at radius 1 is 0.875 bits per heavy atom. The van der Waals surface area contributed by atoms with Gasteiger partial charge in [-0.05, 0) is 30.2 Å². The van der Waals surface area contributed by atoms with Gasteiger partial charge in [0, 0.05) is 0 Å². The lowest BCUT2D eigenvalue weighted by Gasteiger charge is -2.11. The zero-order valence-electron chi connectivity index (χ0n) is 9.02. The Kier molecular flexibility index (Phi) is 3.30. The summed E-state index contributed by atoms with van der Waals surface area (Å²) in [7, 11) is 0. The van der Waals surface area contributed by atoms with Gasteiger partial charge in [-0.15, -0.1) is 0 Å². The number of rotatable bonds is 2. The summed E-state index contributed by atoms with van der Waals surface area (Å²) in [5, 5.41) is 0.00111. The molecule has 0 amide bonds. The average molecular weight is 232 g/mol. The van der Waals surface area contributed by atoms with Gasteiger partial charge in [-0.2, -0.15) is 12.6 Å². The number of thiol groups is 1. The minimum Gasteiger partial charge on any atom is -0.207 e. The second-order valence-corrected chi connectivity index (χ2v) is 4.38. The number of hydrogen-bond acceptors (Lipinski definition) is 1. The molecule has 0 saturated heterocycles. The van der Waals surface area contributed by atoms with Crippen LogP contribution in [0.15, 0.2) is 48.5 Å². The van der Waals surface area contributed by atoms with Gasteiger partial charge in [0.05, 0.1) is 5.25 Å². The second kappa shape index (κ2) is 4.71. The summed E-state index contributed by atoms with van der Waals surface area (Å²) >= 11 is 4.56. The van der Waals surface area contributed by atoms with Crippen molar-refractivity contribution in [2.24, 2.45) is 0 Å². The van der Waals surface area contributed by atoms with E-state index in [-0.39, 0.29) is 11.1 Å². The van der Waals surface area contributed by atoms with Crippen molar-refractivity contribution in [2.75, 3.05) is 0 Å². The van der Waals surface area contributed by atoms with Crippen molar-refractivity contribution in [3.63, 3.8) is 0 Å². The van der Waals surface area contributed by atoms with E-state index in [9.17, 15) is 4.39 Å². The molecule has 0 fully saturated rings.